The van der Waals surface area contributed by atoms with Gasteiger partial charge in [-0.2, -0.15) is 0 Å². The van der Waals surface area contributed by atoms with E-state index in [2.05, 4.69) is 21.2 Å². The molecule has 0 spiro atoms. The number of carbonyl (C=O) groups excluding carboxylic acids is 1. The molecular formula is C16H17BrN2O. The van der Waals surface area contributed by atoms with Crippen molar-refractivity contribution >= 4 is 27.5 Å². The number of hydrogen-bond donors (Lipinski definition) is 2. The van der Waals surface area contributed by atoms with E-state index in [0.717, 1.165) is 26.9 Å². The van der Waals surface area contributed by atoms with E-state index in [1.54, 1.807) is 0 Å². The van der Waals surface area contributed by atoms with Crippen LogP contribution in [0.4, 0.5) is 5.69 Å². The number of nitrogens with two attached hydrogens (primary N) is 1. The molecule has 0 aliphatic carbocycles. The number of nitrogens with one attached hydrogen (secondary N) is 1. The van der Waals surface area contributed by atoms with Gasteiger partial charge in [0.25, 0.3) is 0 Å². The lowest BCUT2D eigenvalue weighted by molar-refractivity contribution is -0.118. The van der Waals surface area contributed by atoms with Gasteiger partial charge in [0.2, 0.25) is 5.91 Å². The van der Waals surface area contributed by atoms with Crippen LogP contribution < -0.4 is 11.1 Å². The SMILES string of the molecule is Cc1cccc(C)c1C(Nc1cccc(Br)c1)C(N)=O. The highest BCUT2D eigenvalue weighted by molar-refractivity contribution is 9.10. The smallest absolute Gasteiger partial charge is 0.244 e. The molecule has 0 aliphatic rings. The highest BCUT2D eigenvalue weighted by Crippen LogP contribution is 2.26. The molecule has 0 saturated carbocycles. The fourth-order valence-corrected chi connectivity index (χ4v) is 2.71. The molecule has 2 aromatic carbocycles. The second kappa shape index (κ2) is 6.09. The third kappa shape index (κ3) is 3.20. The summed E-state index contributed by atoms with van der Waals surface area (Å²) in [4.78, 5) is 11.8. The maximum Gasteiger partial charge on any atom is 0.244 e. The van der Waals surface area contributed by atoms with Gasteiger partial charge in [0.1, 0.15) is 6.04 Å². The average Bonchev–Trinajstić information content (AvgIpc) is 2.37. The number of anilines is 1. The molecule has 0 radical (unpaired) electrons. The first-order valence-corrected chi connectivity index (χ1v) is 7.16. The van der Waals surface area contributed by atoms with E-state index in [1.807, 2.05) is 56.3 Å². The Labute approximate surface area is 127 Å². The first-order valence-electron chi connectivity index (χ1n) is 6.36. The zero-order valence-electron chi connectivity index (χ0n) is 11.5. The van der Waals surface area contributed by atoms with Gasteiger partial charge < -0.3 is 11.1 Å². The van der Waals surface area contributed by atoms with Crippen molar-refractivity contribution < 1.29 is 4.79 Å². The van der Waals surface area contributed by atoms with E-state index < -0.39 is 6.04 Å². The number of primary amides is 1. The van der Waals surface area contributed by atoms with Gasteiger partial charge in [-0.3, -0.25) is 4.79 Å². The van der Waals surface area contributed by atoms with Crippen molar-refractivity contribution in [3.8, 4) is 0 Å². The summed E-state index contributed by atoms with van der Waals surface area (Å²) in [6.07, 6.45) is 0. The fraction of sp³-hybridized carbons (Fsp3) is 0.188. The molecule has 2 aromatic rings. The molecule has 2 rings (SSSR count). The Bertz CT molecular complexity index is 620. The minimum Gasteiger partial charge on any atom is -0.370 e. The first kappa shape index (κ1) is 14.6. The number of rotatable bonds is 4. The van der Waals surface area contributed by atoms with Crippen LogP contribution in [0.1, 0.15) is 22.7 Å². The Balaban J connectivity index is 2.40. The predicted octanol–water partition coefficient (Wildman–Crippen LogP) is 3.70. The standard InChI is InChI=1S/C16H17BrN2O/c1-10-5-3-6-11(2)14(10)15(16(18)20)19-13-8-4-7-12(17)9-13/h3-9,15,19H,1-2H3,(H2,18,20). The van der Waals surface area contributed by atoms with Crippen LogP contribution in [0.3, 0.4) is 0 Å². The highest BCUT2D eigenvalue weighted by atomic mass is 79.9. The van der Waals surface area contributed by atoms with Crippen LogP contribution in [0, 0.1) is 13.8 Å². The Morgan fingerprint density at radius 2 is 1.75 bits per heavy atom. The van der Waals surface area contributed by atoms with E-state index in [-0.39, 0.29) is 5.91 Å². The molecule has 0 bridgehead atoms. The molecule has 0 heterocycles. The lowest BCUT2D eigenvalue weighted by Gasteiger charge is -2.21. The second-order valence-corrected chi connectivity index (χ2v) is 5.71. The molecule has 0 aromatic heterocycles. The molecule has 0 fully saturated rings. The Hall–Kier alpha value is -1.81. The molecule has 1 atom stereocenters. The van der Waals surface area contributed by atoms with Crippen LogP contribution in [0.2, 0.25) is 0 Å². The Morgan fingerprint density at radius 1 is 1.15 bits per heavy atom. The largest absolute Gasteiger partial charge is 0.370 e. The molecule has 104 valence electrons. The quantitative estimate of drug-likeness (QED) is 0.896. The fourth-order valence-electron chi connectivity index (χ4n) is 2.31. The summed E-state index contributed by atoms with van der Waals surface area (Å²) in [7, 11) is 0. The van der Waals surface area contributed by atoms with Gasteiger partial charge in [0, 0.05) is 10.2 Å². The van der Waals surface area contributed by atoms with Crippen LogP contribution in [0.15, 0.2) is 46.9 Å². The predicted molar refractivity (Wildman–Crippen MR) is 85.6 cm³/mol. The van der Waals surface area contributed by atoms with Gasteiger partial charge in [-0.15, -0.1) is 0 Å². The summed E-state index contributed by atoms with van der Waals surface area (Å²) in [5.41, 5.74) is 9.48. The van der Waals surface area contributed by atoms with E-state index in [9.17, 15) is 4.79 Å². The number of hydrogen-bond acceptors (Lipinski definition) is 2. The highest BCUT2D eigenvalue weighted by Gasteiger charge is 2.21. The van der Waals surface area contributed by atoms with Crippen molar-refractivity contribution in [3.63, 3.8) is 0 Å². The van der Waals surface area contributed by atoms with Gasteiger partial charge in [-0.25, -0.2) is 0 Å². The summed E-state index contributed by atoms with van der Waals surface area (Å²) in [5, 5.41) is 3.21. The molecule has 1 unspecified atom stereocenters. The summed E-state index contributed by atoms with van der Waals surface area (Å²) >= 11 is 3.42. The normalized spacial score (nSPS) is 11.9. The second-order valence-electron chi connectivity index (χ2n) is 4.80. The van der Waals surface area contributed by atoms with Crippen molar-refractivity contribution in [2.24, 2.45) is 5.73 Å². The van der Waals surface area contributed by atoms with Crippen molar-refractivity contribution in [1.82, 2.24) is 0 Å². The van der Waals surface area contributed by atoms with E-state index >= 15 is 0 Å². The lowest BCUT2D eigenvalue weighted by Crippen LogP contribution is -2.29. The molecule has 3 N–H and O–H groups in total. The summed E-state index contributed by atoms with van der Waals surface area (Å²) in [5.74, 6) is -0.387. The van der Waals surface area contributed by atoms with Crippen molar-refractivity contribution in [1.29, 1.82) is 0 Å². The third-order valence-electron chi connectivity index (χ3n) is 3.25. The van der Waals surface area contributed by atoms with Crippen LogP contribution in [-0.4, -0.2) is 5.91 Å². The van der Waals surface area contributed by atoms with Crippen molar-refractivity contribution in [2.45, 2.75) is 19.9 Å². The van der Waals surface area contributed by atoms with Crippen molar-refractivity contribution in [3.05, 3.63) is 63.6 Å². The van der Waals surface area contributed by atoms with Gasteiger partial charge in [-0.1, -0.05) is 40.2 Å². The number of carbonyl (C=O) groups is 1. The van der Waals surface area contributed by atoms with Crippen molar-refractivity contribution in [2.75, 3.05) is 5.32 Å². The molecule has 1 amide bonds. The summed E-state index contributed by atoms with van der Waals surface area (Å²) in [6, 6.07) is 13.1. The molecule has 20 heavy (non-hydrogen) atoms. The molecule has 0 saturated heterocycles. The van der Waals surface area contributed by atoms with Crippen LogP contribution in [0.25, 0.3) is 0 Å². The Morgan fingerprint density at radius 3 is 2.30 bits per heavy atom. The van der Waals surface area contributed by atoms with Gasteiger partial charge in [-0.05, 0) is 48.7 Å². The summed E-state index contributed by atoms with van der Waals surface area (Å²) < 4.78 is 0.951. The third-order valence-corrected chi connectivity index (χ3v) is 3.74. The minimum absolute atomic E-state index is 0.387. The number of aryl methyl sites for hydroxylation is 2. The average molecular weight is 333 g/mol. The zero-order chi connectivity index (χ0) is 14.7. The molecule has 4 heteroatoms. The molecule has 0 aliphatic heterocycles. The van der Waals surface area contributed by atoms with Crippen LogP contribution >= 0.6 is 15.9 Å². The van der Waals surface area contributed by atoms with Gasteiger partial charge in [0.15, 0.2) is 0 Å². The van der Waals surface area contributed by atoms with Crippen LogP contribution in [0.5, 0.6) is 0 Å². The van der Waals surface area contributed by atoms with E-state index in [1.165, 1.54) is 0 Å². The Kier molecular flexibility index (Phi) is 4.45. The van der Waals surface area contributed by atoms with E-state index in [0.29, 0.717) is 0 Å². The maximum atomic E-state index is 11.8. The zero-order valence-corrected chi connectivity index (χ0v) is 13.1. The monoisotopic (exact) mass is 332 g/mol. The van der Waals surface area contributed by atoms with E-state index in [4.69, 9.17) is 5.73 Å². The lowest BCUT2D eigenvalue weighted by atomic mass is 9.95. The number of benzene rings is 2. The number of amides is 1. The van der Waals surface area contributed by atoms with Gasteiger partial charge in [0.05, 0.1) is 0 Å². The van der Waals surface area contributed by atoms with Gasteiger partial charge >= 0.3 is 0 Å². The molecular weight excluding hydrogens is 316 g/mol. The number of halogens is 1. The minimum atomic E-state index is -0.537. The summed E-state index contributed by atoms with van der Waals surface area (Å²) in [6.45, 7) is 3.97. The topological polar surface area (TPSA) is 55.1 Å². The first-order chi connectivity index (χ1) is 9.49. The van der Waals surface area contributed by atoms with Crippen LogP contribution in [-0.2, 0) is 4.79 Å². The molecule has 3 nitrogen and oxygen atoms in total. The maximum absolute atomic E-state index is 11.8.